The van der Waals surface area contributed by atoms with Gasteiger partial charge in [-0.2, -0.15) is 0 Å². The first kappa shape index (κ1) is 24.1. The smallest absolute Gasteiger partial charge is 0.243 e. The largest absolute Gasteiger partial charge is 0.384 e. The summed E-state index contributed by atoms with van der Waals surface area (Å²) in [4.78, 5) is 32.0. The average molecular weight is 480 g/mol. The highest BCUT2D eigenvalue weighted by molar-refractivity contribution is 5.89. The molecule has 1 atom stereocenters. The van der Waals surface area contributed by atoms with Crippen molar-refractivity contribution in [3.63, 3.8) is 0 Å². The molecule has 35 heavy (non-hydrogen) atoms. The third-order valence-corrected chi connectivity index (χ3v) is 5.93. The molecule has 182 valence electrons. The Labute approximate surface area is 202 Å². The van der Waals surface area contributed by atoms with E-state index in [2.05, 4.69) is 15.6 Å². The first-order valence-electron chi connectivity index (χ1n) is 11.4. The van der Waals surface area contributed by atoms with Gasteiger partial charge in [0, 0.05) is 31.4 Å². The second-order valence-electron chi connectivity index (χ2n) is 8.54. The molecule has 4 rings (SSSR count). The molecule has 0 saturated heterocycles. The number of carbonyl (C=O) groups excluding carboxylic acids is 2. The number of para-hydroxylation sites is 1. The van der Waals surface area contributed by atoms with E-state index in [1.54, 1.807) is 18.3 Å². The maximum Gasteiger partial charge on any atom is 0.243 e. The van der Waals surface area contributed by atoms with E-state index < -0.39 is 23.6 Å². The molecule has 2 aromatic carbocycles. The summed E-state index contributed by atoms with van der Waals surface area (Å²) in [5, 5.41) is 5.55. The van der Waals surface area contributed by atoms with Crippen LogP contribution in [0.3, 0.4) is 0 Å². The number of nitrogens with two attached hydrogens (primary N) is 1. The molecule has 2 amide bonds. The Morgan fingerprint density at radius 3 is 2.63 bits per heavy atom. The third-order valence-electron chi connectivity index (χ3n) is 5.93. The minimum atomic E-state index is -1.01. The molecule has 4 N–H and O–H groups in total. The highest BCUT2D eigenvalue weighted by Crippen LogP contribution is 2.26. The Bertz CT molecular complexity index is 1200. The normalized spacial score (nSPS) is 13.6. The Balaban J connectivity index is 1.46. The lowest BCUT2D eigenvalue weighted by molar-refractivity contribution is -0.128. The molecule has 9 heteroatoms. The van der Waals surface area contributed by atoms with Crippen LogP contribution >= 0.6 is 0 Å². The van der Waals surface area contributed by atoms with Gasteiger partial charge >= 0.3 is 0 Å². The molecule has 3 aromatic rings. The van der Waals surface area contributed by atoms with E-state index in [1.807, 2.05) is 29.2 Å². The van der Waals surface area contributed by atoms with Crippen molar-refractivity contribution in [1.82, 2.24) is 15.6 Å². The van der Waals surface area contributed by atoms with Crippen molar-refractivity contribution >= 4 is 23.3 Å². The number of rotatable bonds is 8. The van der Waals surface area contributed by atoms with Crippen molar-refractivity contribution in [3.8, 4) is 0 Å². The Morgan fingerprint density at radius 1 is 1.06 bits per heavy atom. The van der Waals surface area contributed by atoms with Gasteiger partial charge in [-0.05, 0) is 53.8 Å². The predicted molar refractivity (Wildman–Crippen MR) is 129 cm³/mol. The average Bonchev–Trinajstić information content (AvgIpc) is 2.85. The molecule has 1 aliphatic heterocycles. The highest BCUT2D eigenvalue weighted by Gasteiger charge is 2.24. The lowest BCUT2D eigenvalue weighted by Gasteiger charge is -2.31. The van der Waals surface area contributed by atoms with Crippen LogP contribution in [-0.4, -0.2) is 35.9 Å². The molecule has 0 fully saturated rings. The maximum absolute atomic E-state index is 13.8. The van der Waals surface area contributed by atoms with Crippen LogP contribution in [0.1, 0.15) is 23.1 Å². The summed E-state index contributed by atoms with van der Waals surface area (Å²) in [7, 11) is 0. The number of nitrogen functional groups attached to an aromatic ring is 1. The Morgan fingerprint density at radius 2 is 1.86 bits per heavy atom. The standard InChI is InChI=1S/C26H27F2N5O2/c27-20-9-7-17(12-21(20)28)13-22(26(35)31-15-18-8-10-24(29)30-14-18)32-25(34)16-33-11-3-5-19-4-1-2-6-23(19)33/h1-2,4,6-10,12,14,22H,3,5,11,13,15-16H2,(H2,29,30)(H,31,35)(H,32,34)/t22-/m0/s1. The number of fused-ring (bicyclic) bond motifs is 1. The van der Waals surface area contributed by atoms with E-state index in [-0.39, 0.29) is 25.4 Å². The van der Waals surface area contributed by atoms with Gasteiger partial charge in [-0.25, -0.2) is 13.8 Å². The number of benzene rings is 2. The summed E-state index contributed by atoms with van der Waals surface area (Å²) in [6.45, 7) is 0.991. The zero-order valence-electron chi connectivity index (χ0n) is 19.1. The number of hydrogen-bond acceptors (Lipinski definition) is 5. The van der Waals surface area contributed by atoms with Gasteiger partial charge < -0.3 is 21.3 Å². The Hall–Kier alpha value is -4.01. The van der Waals surface area contributed by atoms with Gasteiger partial charge in [0.2, 0.25) is 11.8 Å². The quantitative estimate of drug-likeness (QED) is 0.461. The number of aryl methyl sites for hydroxylation is 1. The van der Waals surface area contributed by atoms with Crippen molar-refractivity contribution in [2.45, 2.75) is 31.8 Å². The molecular weight excluding hydrogens is 452 g/mol. The van der Waals surface area contributed by atoms with Gasteiger partial charge in [0.25, 0.3) is 0 Å². The first-order valence-corrected chi connectivity index (χ1v) is 11.4. The molecular formula is C26H27F2N5O2. The van der Waals surface area contributed by atoms with E-state index in [0.717, 1.165) is 42.8 Å². The SMILES string of the molecule is Nc1ccc(CNC(=O)[C@H](Cc2ccc(F)c(F)c2)NC(=O)CN2CCCc3ccccc32)cn1. The summed E-state index contributed by atoms with van der Waals surface area (Å²) in [6.07, 6.45) is 3.44. The maximum atomic E-state index is 13.8. The number of carbonyl (C=O) groups is 2. The summed E-state index contributed by atoms with van der Waals surface area (Å²) >= 11 is 0. The van der Waals surface area contributed by atoms with Crippen LogP contribution < -0.4 is 21.3 Å². The lowest BCUT2D eigenvalue weighted by Crippen LogP contribution is -2.51. The Kier molecular flexibility index (Phi) is 7.54. The van der Waals surface area contributed by atoms with Crippen molar-refractivity contribution in [1.29, 1.82) is 0 Å². The fourth-order valence-corrected chi connectivity index (χ4v) is 4.15. The summed E-state index contributed by atoms with van der Waals surface area (Å²) in [5.74, 6) is -2.40. The van der Waals surface area contributed by atoms with Gasteiger partial charge in [0.05, 0.1) is 6.54 Å². The molecule has 1 aromatic heterocycles. The number of nitrogens with one attached hydrogen (secondary N) is 2. The van der Waals surface area contributed by atoms with Crippen LogP contribution in [-0.2, 0) is 29.0 Å². The zero-order chi connectivity index (χ0) is 24.8. The summed E-state index contributed by atoms with van der Waals surface area (Å²) in [6, 6.07) is 13.8. The van der Waals surface area contributed by atoms with E-state index in [4.69, 9.17) is 5.73 Å². The van der Waals surface area contributed by atoms with Crippen LogP contribution in [0.5, 0.6) is 0 Å². The number of halogens is 2. The number of nitrogens with zero attached hydrogens (tertiary/aromatic N) is 2. The molecule has 0 spiro atoms. The van der Waals surface area contributed by atoms with Crippen molar-refractivity contribution in [2.75, 3.05) is 23.7 Å². The monoisotopic (exact) mass is 479 g/mol. The molecule has 2 heterocycles. The number of pyridine rings is 1. The third kappa shape index (κ3) is 6.32. The number of hydrogen-bond donors (Lipinski definition) is 3. The van der Waals surface area contributed by atoms with Crippen molar-refractivity contribution in [3.05, 3.63) is 89.1 Å². The number of aromatic nitrogens is 1. The molecule has 0 aliphatic carbocycles. The summed E-state index contributed by atoms with van der Waals surface area (Å²) in [5.41, 5.74) is 8.90. The van der Waals surface area contributed by atoms with Crippen LogP contribution in [0.25, 0.3) is 0 Å². The van der Waals surface area contributed by atoms with Gasteiger partial charge in [-0.3, -0.25) is 9.59 Å². The van der Waals surface area contributed by atoms with Crippen molar-refractivity contribution < 1.29 is 18.4 Å². The van der Waals surface area contributed by atoms with Crippen LogP contribution in [0.15, 0.2) is 60.8 Å². The molecule has 0 saturated carbocycles. The van der Waals surface area contributed by atoms with E-state index in [9.17, 15) is 18.4 Å². The fourth-order valence-electron chi connectivity index (χ4n) is 4.15. The minimum Gasteiger partial charge on any atom is -0.384 e. The van der Waals surface area contributed by atoms with Crippen molar-refractivity contribution in [2.24, 2.45) is 0 Å². The van der Waals surface area contributed by atoms with Gasteiger partial charge in [-0.15, -0.1) is 0 Å². The minimum absolute atomic E-state index is 0.00531. The predicted octanol–water partition coefficient (Wildman–Crippen LogP) is 2.74. The first-order chi connectivity index (χ1) is 16.9. The second kappa shape index (κ2) is 10.9. The molecule has 1 aliphatic rings. The lowest BCUT2D eigenvalue weighted by atomic mass is 10.0. The van der Waals surface area contributed by atoms with Crippen LogP contribution in [0.2, 0.25) is 0 Å². The number of amides is 2. The molecule has 0 unspecified atom stereocenters. The molecule has 0 bridgehead atoms. The van der Waals surface area contributed by atoms with Gasteiger partial charge in [-0.1, -0.05) is 30.3 Å². The van der Waals surface area contributed by atoms with Gasteiger partial charge in [0.1, 0.15) is 11.9 Å². The number of anilines is 2. The van der Waals surface area contributed by atoms with E-state index >= 15 is 0 Å². The van der Waals surface area contributed by atoms with E-state index in [0.29, 0.717) is 11.4 Å². The highest BCUT2D eigenvalue weighted by atomic mass is 19.2. The van der Waals surface area contributed by atoms with Crippen LogP contribution in [0, 0.1) is 11.6 Å². The summed E-state index contributed by atoms with van der Waals surface area (Å²) < 4.78 is 27.1. The molecule has 7 nitrogen and oxygen atoms in total. The topological polar surface area (TPSA) is 100 Å². The zero-order valence-corrected chi connectivity index (χ0v) is 19.1. The second-order valence-corrected chi connectivity index (χ2v) is 8.54. The van der Waals surface area contributed by atoms with Crippen LogP contribution in [0.4, 0.5) is 20.3 Å². The molecule has 0 radical (unpaired) electrons. The fraction of sp³-hybridized carbons (Fsp3) is 0.269. The van der Waals surface area contributed by atoms with E-state index in [1.165, 1.54) is 11.6 Å². The van der Waals surface area contributed by atoms with Gasteiger partial charge in [0.15, 0.2) is 11.6 Å².